The molecular formula is C28H44N2O14. The van der Waals surface area contributed by atoms with E-state index in [0.717, 1.165) is 0 Å². The molecule has 0 saturated carbocycles. The fraction of sp³-hybridized carbons (Fsp3) is 0.929. The average molecular weight is 633 g/mol. The van der Waals surface area contributed by atoms with Gasteiger partial charge in [-0.05, 0) is 55.4 Å². The van der Waals surface area contributed by atoms with Crippen LogP contribution in [0.25, 0.3) is 0 Å². The third-order valence-electron chi connectivity index (χ3n) is 8.00. The van der Waals surface area contributed by atoms with Crippen molar-refractivity contribution >= 4 is 11.8 Å². The van der Waals surface area contributed by atoms with Gasteiger partial charge in [-0.1, -0.05) is 0 Å². The molecule has 44 heavy (non-hydrogen) atoms. The van der Waals surface area contributed by atoms with Gasteiger partial charge in [-0.3, -0.25) is 20.4 Å². The lowest BCUT2D eigenvalue weighted by atomic mass is 10.1. The third-order valence-corrected chi connectivity index (χ3v) is 8.00. The predicted octanol–water partition coefficient (Wildman–Crippen LogP) is -0.0400. The first kappa shape index (κ1) is 32.4. The molecule has 0 aromatic heterocycles. The number of ether oxygens (including phenoxy) is 12. The Morgan fingerprint density at radius 2 is 0.955 bits per heavy atom. The van der Waals surface area contributed by atoms with Gasteiger partial charge in [0.05, 0.1) is 13.2 Å². The molecule has 6 heterocycles. The van der Waals surface area contributed by atoms with Gasteiger partial charge in [-0.15, -0.1) is 0 Å². The van der Waals surface area contributed by atoms with Crippen molar-refractivity contribution in [2.75, 3.05) is 26.4 Å². The summed E-state index contributed by atoms with van der Waals surface area (Å²) < 4.78 is 71.1. The molecule has 6 rings (SSSR count). The molecule has 10 atom stereocenters. The SMILES string of the molecule is CC1(C)OCC([C@H]2O[C@@H]3OC(C)(C)O[C@@H]3[C@H]2OCC(=O)NNC(=O)CO[C@@H]2[C@H]3OC(C)(C)O[C@H]3O[C@@H]2C2COC(C)(C)O2)O1. The second-order valence-corrected chi connectivity index (χ2v) is 13.5. The number of carbonyl (C=O) groups excluding carboxylic acids is 2. The van der Waals surface area contributed by atoms with Gasteiger partial charge in [0.2, 0.25) is 0 Å². The molecule has 0 bridgehead atoms. The van der Waals surface area contributed by atoms with Gasteiger partial charge in [0.15, 0.2) is 35.7 Å². The highest BCUT2D eigenvalue weighted by Gasteiger charge is 2.60. The molecule has 2 unspecified atom stereocenters. The molecule has 0 aromatic carbocycles. The summed E-state index contributed by atoms with van der Waals surface area (Å²) in [5, 5.41) is 0. The van der Waals surface area contributed by atoms with E-state index >= 15 is 0 Å². The first-order valence-electron chi connectivity index (χ1n) is 15.0. The van der Waals surface area contributed by atoms with Gasteiger partial charge in [-0.2, -0.15) is 0 Å². The van der Waals surface area contributed by atoms with Gasteiger partial charge < -0.3 is 56.8 Å². The van der Waals surface area contributed by atoms with Crippen LogP contribution in [0, 0.1) is 0 Å². The zero-order chi connectivity index (χ0) is 31.7. The Morgan fingerprint density at radius 1 is 0.568 bits per heavy atom. The third kappa shape index (κ3) is 6.91. The molecule has 16 nitrogen and oxygen atoms in total. The van der Waals surface area contributed by atoms with Crippen LogP contribution in [0.4, 0.5) is 0 Å². The highest BCUT2D eigenvalue weighted by molar-refractivity contribution is 5.83. The van der Waals surface area contributed by atoms with Crippen molar-refractivity contribution < 1.29 is 66.4 Å². The van der Waals surface area contributed by atoms with E-state index in [0.29, 0.717) is 0 Å². The lowest BCUT2D eigenvalue weighted by Crippen LogP contribution is -2.49. The molecule has 0 radical (unpaired) electrons. The maximum atomic E-state index is 12.7. The van der Waals surface area contributed by atoms with Crippen molar-refractivity contribution in [2.24, 2.45) is 0 Å². The quantitative estimate of drug-likeness (QED) is 0.342. The monoisotopic (exact) mass is 632 g/mol. The molecular weight excluding hydrogens is 588 g/mol. The Bertz CT molecular complexity index is 1020. The zero-order valence-corrected chi connectivity index (χ0v) is 26.3. The van der Waals surface area contributed by atoms with E-state index in [1.54, 1.807) is 55.4 Å². The number of fused-ring (bicyclic) bond motifs is 2. The van der Waals surface area contributed by atoms with Gasteiger partial charge in [-0.25, -0.2) is 0 Å². The summed E-state index contributed by atoms with van der Waals surface area (Å²) in [6, 6.07) is 0. The number of hydrazine groups is 1. The molecule has 16 heteroatoms. The second-order valence-electron chi connectivity index (χ2n) is 13.5. The molecule has 6 aliphatic rings. The van der Waals surface area contributed by atoms with E-state index in [4.69, 9.17) is 56.8 Å². The molecule has 0 aromatic rings. The number of amides is 2. The van der Waals surface area contributed by atoms with Crippen LogP contribution in [-0.4, -0.2) is 123 Å². The van der Waals surface area contributed by atoms with Crippen molar-refractivity contribution in [1.82, 2.24) is 10.9 Å². The summed E-state index contributed by atoms with van der Waals surface area (Å²) in [4.78, 5) is 25.4. The first-order valence-corrected chi connectivity index (χ1v) is 15.0. The second kappa shape index (κ2) is 11.6. The standard InChI is InChI=1S/C28H44N2O14/c1-25(2)35-9-13(39-25)17-19(21-23(37-17)43-27(5,6)41-21)33-11-15(31)29-30-16(32)12-34-20-18(14-10-36-26(3,4)40-14)38-24-22(20)42-28(7,8)44-24/h13-14,17-24H,9-12H2,1-8H3,(H,29,31)(H,30,32)/t13?,14?,17-,18-,19+,20+,21-,22-,23-,24-/m1/s1. The summed E-state index contributed by atoms with van der Waals surface area (Å²) in [6.45, 7) is 14.1. The fourth-order valence-corrected chi connectivity index (χ4v) is 6.30. The van der Waals surface area contributed by atoms with E-state index in [9.17, 15) is 9.59 Å². The van der Waals surface area contributed by atoms with E-state index in [1.165, 1.54) is 0 Å². The molecule has 2 N–H and O–H groups in total. The van der Waals surface area contributed by atoms with Crippen LogP contribution < -0.4 is 10.9 Å². The van der Waals surface area contributed by atoms with Crippen molar-refractivity contribution in [3.05, 3.63) is 0 Å². The molecule has 0 spiro atoms. The summed E-state index contributed by atoms with van der Waals surface area (Å²) in [5.41, 5.74) is 4.69. The minimum Gasteiger partial charge on any atom is -0.363 e. The molecule has 6 fully saturated rings. The number of nitrogens with one attached hydrogen (secondary N) is 2. The van der Waals surface area contributed by atoms with Crippen LogP contribution in [0.5, 0.6) is 0 Å². The summed E-state index contributed by atoms with van der Waals surface area (Å²) >= 11 is 0. The Kier molecular flexibility index (Phi) is 8.55. The van der Waals surface area contributed by atoms with Crippen molar-refractivity contribution in [1.29, 1.82) is 0 Å². The average Bonchev–Trinajstić information content (AvgIpc) is 3.71. The van der Waals surface area contributed by atoms with Crippen LogP contribution in [0.3, 0.4) is 0 Å². The largest absolute Gasteiger partial charge is 0.363 e. The molecule has 6 saturated heterocycles. The number of rotatable bonds is 8. The van der Waals surface area contributed by atoms with E-state index in [1.807, 2.05) is 0 Å². The Labute approximate surface area is 255 Å². The molecule has 2 amide bonds. The van der Waals surface area contributed by atoms with Crippen LogP contribution in [-0.2, 0) is 66.4 Å². The lowest BCUT2D eigenvalue weighted by Gasteiger charge is -2.29. The summed E-state index contributed by atoms with van der Waals surface area (Å²) in [5.74, 6) is -4.53. The van der Waals surface area contributed by atoms with Crippen LogP contribution in [0.2, 0.25) is 0 Å². The topological polar surface area (TPSA) is 169 Å². The summed E-state index contributed by atoms with van der Waals surface area (Å²) in [7, 11) is 0. The highest BCUT2D eigenvalue weighted by Crippen LogP contribution is 2.43. The molecule has 250 valence electrons. The minimum atomic E-state index is -0.883. The van der Waals surface area contributed by atoms with E-state index in [2.05, 4.69) is 10.9 Å². The van der Waals surface area contributed by atoms with Crippen molar-refractivity contribution in [3.8, 4) is 0 Å². The maximum absolute atomic E-state index is 12.7. The normalized spacial score (nSPS) is 42.7. The lowest BCUT2D eigenvalue weighted by molar-refractivity contribution is -0.236. The van der Waals surface area contributed by atoms with Crippen LogP contribution in [0.1, 0.15) is 55.4 Å². The predicted molar refractivity (Wildman–Crippen MR) is 143 cm³/mol. The van der Waals surface area contributed by atoms with Gasteiger partial charge >= 0.3 is 0 Å². The Morgan fingerprint density at radius 3 is 1.30 bits per heavy atom. The van der Waals surface area contributed by atoms with Gasteiger partial charge in [0.1, 0.15) is 62.0 Å². The fourth-order valence-electron chi connectivity index (χ4n) is 6.30. The number of carbonyl (C=O) groups is 2. The van der Waals surface area contributed by atoms with Crippen molar-refractivity contribution in [3.63, 3.8) is 0 Å². The van der Waals surface area contributed by atoms with Gasteiger partial charge in [0.25, 0.3) is 11.8 Å². The highest BCUT2D eigenvalue weighted by atomic mass is 16.9. The molecule has 0 aliphatic carbocycles. The van der Waals surface area contributed by atoms with Gasteiger partial charge in [0, 0.05) is 0 Å². The van der Waals surface area contributed by atoms with Crippen LogP contribution in [0.15, 0.2) is 0 Å². The van der Waals surface area contributed by atoms with Crippen LogP contribution >= 0.6 is 0 Å². The zero-order valence-electron chi connectivity index (χ0n) is 26.3. The molecule has 6 aliphatic heterocycles. The number of hydrogen-bond acceptors (Lipinski definition) is 14. The minimum absolute atomic E-state index is 0.281. The van der Waals surface area contributed by atoms with E-state index in [-0.39, 0.29) is 13.2 Å². The Hall–Kier alpha value is -1.54. The first-order chi connectivity index (χ1) is 20.5. The summed E-state index contributed by atoms with van der Waals surface area (Å²) in [6.07, 6.45) is -6.05. The van der Waals surface area contributed by atoms with E-state index < -0.39 is 110 Å². The van der Waals surface area contributed by atoms with Crippen molar-refractivity contribution in [2.45, 2.75) is 140 Å². The Balaban J connectivity index is 0.996. The maximum Gasteiger partial charge on any atom is 0.264 e. The number of hydrogen-bond donors (Lipinski definition) is 2. The smallest absolute Gasteiger partial charge is 0.264 e.